The highest BCUT2D eigenvalue weighted by atomic mass is 35.5. The number of aromatic nitrogens is 1. The first kappa shape index (κ1) is 12.3. The minimum absolute atomic E-state index is 0.609. The van der Waals surface area contributed by atoms with E-state index in [0.29, 0.717) is 15.6 Å². The monoisotopic (exact) mass is 289 g/mol. The average Bonchev–Trinajstić information content (AvgIpc) is 2.76. The van der Waals surface area contributed by atoms with Crippen molar-refractivity contribution < 1.29 is 4.79 Å². The lowest BCUT2D eigenvalue weighted by Crippen LogP contribution is -1.91. The topological polar surface area (TPSA) is 22.0 Å². The molecule has 1 heterocycles. The Labute approximate surface area is 120 Å². The molecule has 0 bridgehead atoms. The van der Waals surface area contributed by atoms with E-state index < -0.39 is 0 Å². The van der Waals surface area contributed by atoms with Crippen LogP contribution in [0.25, 0.3) is 16.6 Å². The van der Waals surface area contributed by atoms with Crippen LogP contribution in [0.15, 0.2) is 48.7 Å². The quantitative estimate of drug-likeness (QED) is 0.624. The van der Waals surface area contributed by atoms with Crippen molar-refractivity contribution >= 4 is 40.4 Å². The predicted octanol–water partition coefficient (Wildman–Crippen LogP) is 4.75. The Kier molecular flexibility index (Phi) is 3.05. The van der Waals surface area contributed by atoms with Crippen LogP contribution in [0.1, 0.15) is 10.4 Å². The molecule has 0 aliphatic rings. The van der Waals surface area contributed by atoms with E-state index in [0.717, 1.165) is 22.9 Å². The summed E-state index contributed by atoms with van der Waals surface area (Å²) in [5.41, 5.74) is 2.49. The first-order valence-electron chi connectivity index (χ1n) is 5.71. The molecule has 19 heavy (non-hydrogen) atoms. The maximum absolute atomic E-state index is 10.8. The zero-order valence-electron chi connectivity index (χ0n) is 9.81. The fraction of sp³-hybridized carbons (Fsp3) is 0. The number of nitrogens with zero attached hydrogens (tertiary/aromatic N) is 1. The molecule has 2 aromatic carbocycles. The van der Waals surface area contributed by atoms with Crippen molar-refractivity contribution in [1.29, 1.82) is 0 Å². The summed E-state index contributed by atoms with van der Waals surface area (Å²) >= 11 is 12.2. The summed E-state index contributed by atoms with van der Waals surface area (Å²) < 4.78 is 1.96. The lowest BCUT2D eigenvalue weighted by atomic mass is 10.2. The third-order valence-electron chi connectivity index (χ3n) is 3.00. The molecule has 0 radical (unpaired) electrons. The molecule has 2 nitrogen and oxygen atoms in total. The number of benzene rings is 2. The van der Waals surface area contributed by atoms with Crippen molar-refractivity contribution in [2.75, 3.05) is 0 Å². The Morgan fingerprint density at radius 1 is 1.05 bits per heavy atom. The third-order valence-corrected chi connectivity index (χ3v) is 3.54. The number of fused-ring (bicyclic) bond motifs is 1. The highest BCUT2D eigenvalue weighted by molar-refractivity contribution is 6.35. The minimum Gasteiger partial charge on any atom is -0.315 e. The van der Waals surface area contributed by atoms with Gasteiger partial charge in [-0.2, -0.15) is 0 Å². The smallest absolute Gasteiger partial charge is 0.150 e. The Balaban J connectivity index is 2.28. The molecule has 0 saturated heterocycles. The van der Waals surface area contributed by atoms with Crippen LogP contribution in [0.5, 0.6) is 0 Å². The van der Waals surface area contributed by atoms with Crippen LogP contribution in [0.3, 0.4) is 0 Å². The first-order valence-corrected chi connectivity index (χ1v) is 6.46. The van der Waals surface area contributed by atoms with Crippen molar-refractivity contribution in [1.82, 2.24) is 4.57 Å². The molecule has 0 aliphatic carbocycles. The molecular weight excluding hydrogens is 281 g/mol. The maximum Gasteiger partial charge on any atom is 0.150 e. The van der Waals surface area contributed by atoms with Crippen LogP contribution in [0, 0.1) is 0 Å². The van der Waals surface area contributed by atoms with E-state index in [1.807, 2.05) is 41.1 Å². The highest BCUT2D eigenvalue weighted by Gasteiger charge is 2.09. The van der Waals surface area contributed by atoms with Gasteiger partial charge in [-0.05, 0) is 36.4 Å². The highest BCUT2D eigenvalue weighted by Crippen LogP contribution is 2.29. The largest absolute Gasteiger partial charge is 0.315 e. The van der Waals surface area contributed by atoms with Gasteiger partial charge >= 0.3 is 0 Å². The number of hydrogen-bond donors (Lipinski definition) is 0. The van der Waals surface area contributed by atoms with Crippen molar-refractivity contribution in [3.05, 3.63) is 64.3 Å². The average molecular weight is 290 g/mol. The molecule has 0 N–H and O–H groups in total. The second-order valence-electron chi connectivity index (χ2n) is 4.22. The Hall–Kier alpha value is -1.77. The van der Waals surface area contributed by atoms with Gasteiger partial charge in [0.2, 0.25) is 0 Å². The van der Waals surface area contributed by atoms with E-state index in [1.165, 1.54) is 0 Å². The van der Waals surface area contributed by atoms with Gasteiger partial charge in [-0.15, -0.1) is 0 Å². The minimum atomic E-state index is 0.609. The van der Waals surface area contributed by atoms with Gasteiger partial charge in [0.25, 0.3) is 0 Å². The summed E-state index contributed by atoms with van der Waals surface area (Å²) in [5, 5.41) is 2.13. The molecule has 0 saturated carbocycles. The van der Waals surface area contributed by atoms with Gasteiger partial charge in [-0.3, -0.25) is 4.79 Å². The summed E-state index contributed by atoms with van der Waals surface area (Å²) in [6.07, 6.45) is 2.64. The molecule has 0 atom stereocenters. The van der Waals surface area contributed by atoms with Crippen molar-refractivity contribution in [2.24, 2.45) is 0 Å². The molecule has 0 aliphatic heterocycles. The fourth-order valence-corrected chi connectivity index (χ4v) is 2.55. The molecule has 1 aromatic heterocycles. The van der Waals surface area contributed by atoms with Gasteiger partial charge < -0.3 is 4.57 Å². The molecule has 0 fully saturated rings. The molecule has 3 aromatic rings. The SMILES string of the molecule is O=Cc1ccc2c(c1)c(Cl)cn2-c1cccc(Cl)c1. The Morgan fingerprint density at radius 2 is 1.89 bits per heavy atom. The van der Waals surface area contributed by atoms with Crippen LogP contribution >= 0.6 is 23.2 Å². The van der Waals surface area contributed by atoms with E-state index in [2.05, 4.69) is 0 Å². The normalized spacial score (nSPS) is 10.8. The lowest BCUT2D eigenvalue weighted by Gasteiger charge is -2.05. The van der Waals surface area contributed by atoms with Crippen LogP contribution in [-0.4, -0.2) is 10.9 Å². The van der Waals surface area contributed by atoms with Crippen LogP contribution in [0.2, 0.25) is 10.0 Å². The molecule has 0 unspecified atom stereocenters. The van der Waals surface area contributed by atoms with E-state index in [-0.39, 0.29) is 0 Å². The van der Waals surface area contributed by atoms with E-state index in [1.54, 1.807) is 12.1 Å². The molecule has 94 valence electrons. The molecule has 0 amide bonds. The molecule has 0 spiro atoms. The Bertz CT molecular complexity index is 777. The Morgan fingerprint density at radius 3 is 2.63 bits per heavy atom. The molecule has 4 heteroatoms. The number of hydrogen-bond acceptors (Lipinski definition) is 1. The van der Waals surface area contributed by atoms with E-state index in [9.17, 15) is 4.79 Å². The lowest BCUT2D eigenvalue weighted by molar-refractivity contribution is 0.112. The number of carbonyl (C=O) groups excluding carboxylic acids is 1. The van der Waals surface area contributed by atoms with Crippen LogP contribution < -0.4 is 0 Å². The predicted molar refractivity (Wildman–Crippen MR) is 78.7 cm³/mol. The zero-order valence-corrected chi connectivity index (χ0v) is 11.3. The van der Waals surface area contributed by atoms with Crippen molar-refractivity contribution in [3.8, 4) is 5.69 Å². The first-order chi connectivity index (χ1) is 9.19. The summed E-state index contributed by atoms with van der Waals surface area (Å²) in [5.74, 6) is 0. The van der Waals surface area contributed by atoms with E-state index in [4.69, 9.17) is 23.2 Å². The number of halogens is 2. The van der Waals surface area contributed by atoms with Gasteiger partial charge in [-0.1, -0.05) is 29.3 Å². The summed E-state index contributed by atoms with van der Waals surface area (Å²) in [4.78, 5) is 10.8. The number of rotatable bonds is 2. The van der Waals surface area contributed by atoms with Crippen molar-refractivity contribution in [3.63, 3.8) is 0 Å². The van der Waals surface area contributed by atoms with Gasteiger partial charge in [-0.25, -0.2) is 0 Å². The van der Waals surface area contributed by atoms with Crippen molar-refractivity contribution in [2.45, 2.75) is 0 Å². The molecular formula is C15H9Cl2NO. The van der Waals surface area contributed by atoms with Gasteiger partial charge in [0.05, 0.1) is 10.5 Å². The second kappa shape index (κ2) is 4.72. The van der Waals surface area contributed by atoms with Gasteiger partial charge in [0.15, 0.2) is 0 Å². The second-order valence-corrected chi connectivity index (χ2v) is 5.06. The van der Waals surface area contributed by atoms with Gasteiger partial charge in [0.1, 0.15) is 6.29 Å². The summed E-state index contributed by atoms with van der Waals surface area (Å²) in [7, 11) is 0. The zero-order chi connectivity index (χ0) is 13.4. The van der Waals surface area contributed by atoms with Crippen LogP contribution in [0.4, 0.5) is 0 Å². The fourth-order valence-electron chi connectivity index (χ4n) is 2.12. The number of aldehydes is 1. The molecule has 3 rings (SSSR count). The summed E-state index contributed by atoms with van der Waals surface area (Å²) in [6.45, 7) is 0. The van der Waals surface area contributed by atoms with Gasteiger partial charge in [0, 0.05) is 27.9 Å². The standard InChI is InChI=1S/C15H9Cl2NO/c16-11-2-1-3-12(7-11)18-8-14(17)13-6-10(9-19)4-5-15(13)18/h1-9H. The number of carbonyl (C=O) groups is 1. The summed E-state index contributed by atoms with van der Waals surface area (Å²) in [6, 6.07) is 13.0. The third kappa shape index (κ3) is 2.14. The van der Waals surface area contributed by atoms with E-state index >= 15 is 0 Å². The maximum atomic E-state index is 10.8. The van der Waals surface area contributed by atoms with Crippen LogP contribution in [-0.2, 0) is 0 Å².